The molecule has 0 bridgehead atoms. The second-order valence-corrected chi connectivity index (χ2v) is 7.42. The molecule has 0 aliphatic heterocycles. The summed E-state index contributed by atoms with van der Waals surface area (Å²) in [4.78, 5) is 17.5. The monoisotopic (exact) mass is 397 g/mol. The normalized spacial score (nSPS) is 10.6. The van der Waals surface area contributed by atoms with Crippen molar-refractivity contribution in [1.82, 2.24) is 15.5 Å². The van der Waals surface area contributed by atoms with Gasteiger partial charge in [0.2, 0.25) is 17.6 Å². The molecule has 1 amide bonds. The van der Waals surface area contributed by atoms with Gasteiger partial charge < -0.3 is 14.6 Å². The van der Waals surface area contributed by atoms with Crippen LogP contribution in [-0.4, -0.2) is 35.5 Å². The fourth-order valence-electron chi connectivity index (χ4n) is 2.52. The van der Waals surface area contributed by atoms with Gasteiger partial charge in [0, 0.05) is 35.6 Å². The summed E-state index contributed by atoms with van der Waals surface area (Å²) in [6, 6.07) is 15.8. The van der Waals surface area contributed by atoms with Crippen LogP contribution in [0.4, 0.5) is 0 Å². The highest BCUT2D eigenvalue weighted by molar-refractivity contribution is 7.99. The van der Waals surface area contributed by atoms with E-state index in [4.69, 9.17) is 9.26 Å². The van der Waals surface area contributed by atoms with Gasteiger partial charge in [0.25, 0.3) is 0 Å². The molecule has 7 heteroatoms. The van der Waals surface area contributed by atoms with E-state index in [0.29, 0.717) is 31.1 Å². The number of ether oxygens (including phenoxy) is 1. The van der Waals surface area contributed by atoms with Crippen molar-refractivity contribution in [2.45, 2.75) is 24.7 Å². The SMILES string of the molecule is COc1ccc(-c2noc(CCC(=O)NCCSc3ccc(C)cc3)n2)cc1. The van der Waals surface area contributed by atoms with E-state index in [-0.39, 0.29) is 5.91 Å². The van der Waals surface area contributed by atoms with Gasteiger partial charge in [0.15, 0.2) is 0 Å². The van der Waals surface area contributed by atoms with E-state index in [1.807, 2.05) is 24.3 Å². The highest BCUT2D eigenvalue weighted by Crippen LogP contribution is 2.20. The van der Waals surface area contributed by atoms with E-state index < -0.39 is 0 Å². The zero-order valence-corrected chi connectivity index (χ0v) is 16.8. The minimum atomic E-state index is -0.0197. The smallest absolute Gasteiger partial charge is 0.227 e. The summed E-state index contributed by atoms with van der Waals surface area (Å²) in [6.45, 7) is 2.69. The summed E-state index contributed by atoms with van der Waals surface area (Å²) < 4.78 is 10.4. The van der Waals surface area contributed by atoms with Crippen molar-refractivity contribution >= 4 is 17.7 Å². The summed E-state index contributed by atoms with van der Waals surface area (Å²) in [7, 11) is 1.62. The van der Waals surface area contributed by atoms with Crippen molar-refractivity contribution < 1.29 is 14.1 Å². The highest BCUT2D eigenvalue weighted by atomic mass is 32.2. The Balaban J connectivity index is 1.38. The Bertz CT molecular complexity index is 892. The Morgan fingerprint density at radius 1 is 1.14 bits per heavy atom. The quantitative estimate of drug-likeness (QED) is 0.436. The van der Waals surface area contributed by atoms with Crippen LogP contribution >= 0.6 is 11.8 Å². The van der Waals surface area contributed by atoms with Crippen molar-refractivity contribution in [2.75, 3.05) is 19.4 Å². The number of hydrogen-bond donors (Lipinski definition) is 1. The van der Waals surface area contributed by atoms with Crippen molar-refractivity contribution in [2.24, 2.45) is 0 Å². The third-order valence-corrected chi connectivity index (χ3v) is 5.11. The lowest BCUT2D eigenvalue weighted by Crippen LogP contribution is -2.25. The van der Waals surface area contributed by atoms with Gasteiger partial charge in [0.05, 0.1) is 7.11 Å². The standard InChI is InChI=1S/C21H23N3O3S/c1-15-3-9-18(10-4-15)28-14-13-22-19(25)11-12-20-23-21(24-27-20)16-5-7-17(26-2)8-6-16/h3-10H,11-14H2,1-2H3,(H,22,25). The Hall–Kier alpha value is -2.80. The molecule has 0 aliphatic rings. The first kappa shape index (κ1) is 19.9. The first-order chi connectivity index (χ1) is 13.6. The first-order valence-electron chi connectivity index (χ1n) is 9.07. The lowest BCUT2D eigenvalue weighted by atomic mass is 10.2. The average Bonchev–Trinajstić information content (AvgIpc) is 3.20. The van der Waals surface area contributed by atoms with Crippen LogP contribution in [0.3, 0.4) is 0 Å². The molecule has 0 fully saturated rings. The second-order valence-electron chi connectivity index (χ2n) is 6.25. The molecule has 3 rings (SSSR count). The molecule has 0 spiro atoms. The maximum atomic E-state index is 12.0. The van der Waals surface area contributed by atoms with Crippen molar-refractivity contribution in [3.05, 3.63) is 60.0 Å². The summed E-state index contributed by atoms with van der Waals surface area (Å²) in [5, 5.41) is 6.90. The number of aromatic nitrogens is 2. The van der Waals surface area contributed by atoms with E-state index in [1.54, 1.807) is 18.9 Å². The third kappa shape index (κ3) is 5.85. The first-order valence-corrected chi connectivity index (χ1v) is 10.1. The van der Waals surface area contributed by atoms with Gasteiger partial charge in [-0.25, -0.2) is 0 Å². The second kappa shape index (κ2) is 9.94. The van der Waals surface area contributed by atoms with Crippen molar-refractivity contribution in [3.8, 4) is 17.1 Å². The summed E-state index contributed by atoms with van der Waals surface area (Å²) >= 11 is 1.72. The lowest BCUT2D eigenvalue weighted by molar-refractivity contribution is -0.121. The number of rotatable bonds is 9. The Morgan fingerprint density at radius 3 is 2.61 bits per heavy atom. The number of amides is 1. The molecular formula is C21H23N3O3S. The molecule has 6 nitrogen and oxygen atoms in total. The number of hydrogen-bond acceptors (Lipinski definition) is 6. The largest absolute Gasteiger partial charge is 0.497 e. The molecule has 3 aromatic rings. The van der Waals surface area contributed by atoms with E-state index in [1.165, 1.54) is 10.5 Å². The molecule has 0 saturated heterocycles. The number of thioether (sulfide) groups is 1. The van der Waals surface area contributed by atoms with Gasteiger partial charge in [-0.3, -0.25) is 4.79 Å². The fourth-order valence-corrected chi connectivity index (χ4v) is 3.28. The van der Waals surface area contributed by atoms with E-state index in [9.17, 15) is 4.79 Å². The van der Waals surface area contributed by atoms with Crippen LogP contribution in [0, 0.1) is 6.92 Å². The third-order valence-electron chi connectivity index (χ3n) is 4.10. The molecule has 1 aromatic heterocycles. The Morgan fingerprint density at radius 2 is 1.89 bits per heavy atom. The lowest BCUT2D eigenvalue weighted by Gasteiger charge is -2.04. The number of carbonyl (C=O) groups is 1. The van der Waals surface area contributed by atoms with Gasteiger partial charge in [0.1, 0.15) is 5.75 Å². The van der Waals surface area contributed by atoms with Crippen LogP contribution in [0.25, 0.3) is 11.4 Å². The van der Waals surface area contributed by atoms with Crippen LogP contribution in [0.1, 0.15) is 17.9 Å². The van der Waals surface area contributed by atoms with Crippen LogP contribution in [0.2, 0.25) is 0 Å². The maximum absolute atomic E-state index is 12.0. The molecule has 1 N–H and O–H groups in total. The number of aryl methyl sites for hydroxylation is 2. The number of benzene rings is 2. The molecule has 0 atom stereocenters. The molecule has 2 aromatic carbocycles. The zero-order valence-electron chi connectivity index (χ0n) is 16.0. The van der Waals surface area contributed by atoms with Crippen molar-refractivity contribution in [1.29, 1.82) is 0 Å². The molecule has 1 heterocycles. The van der Waals surface area contributed by atoms with Gasteiger partial charge in [-0.2, -0.15) is 4.98 Å². The Kier molecular flexibility index (Phi) is 7.08. The van der Waals surface area contributed by atoms with E-state index in [2.05, 4.69) is 46.6 Å². The predicted octanol–water partition coefficient (Wildman–Crippen LogP) is 3.89. The van der Waals surface area contributed by atoms with Gasteiger partial charge >= 0.3 is 0 Å². The zero-order chi connectivity index (χ0) is 19.8. The number of nitrogens with zero attached hydrogens (tertiary/aromatic N) is 2. The maximum Gasteiger partial charge on any atom is 0.227 e. The van der Waals surface area contributed by atoms with E-state index in [0.717, 1.165) is 17.1 Å². The van der Waals surface area contributed by atoms with Crippen LogP contribution in [-0.2, 0) is 11.2 Å². The van der Waals surface area contributed by atoms with Crippen LogP contribution < -0.4 is 10.1 Å². The topological polar surface area (TPSA) is 77.2 Å². The summed E-state index contributed by atoms with van der Waals surface area (Å²) in [6.07, 6.45) is 0.736. The molecule has 0 unspecified atom stereocenters. The minimum absolute atomic E-state index is 0.0197. The Labute approximate surface area is 168 Å². The molecular weight excluding hydrogens is 374 g/mol. The van der Waals surface area contributed by atoms with E-state index >= 15 is 0 Å². The minimum Gasteiger partial charge on any atom is -0.497 e. The molecule has 0 radical (unpaired) electrons. The van der Waals surface area contributed by atoms with Gasteiger partial charge in [-0.05, 0) is 43.3 Å². The highest BCUT2D eigenvalue weighted by Gasteiger charge is 2.10. The number of methoxy groups -OCH3 is 1. The predicted molar refractivity (Wildman–Crippen MR) is 110 cm³/mol. The van der Waals surface area contributed by atoms with Crippen molar-refractivity contribution in [3.63, 3.8) is 0 Å². The fraction of sp³-hybridized carbons (Fsp3) is 0.286. The average molecular weight is 398 g/mol. The molecule has 0 saturated carbocycles. The number of carbonyl (C=O) groups excluding carboxylic acids is 1. The molecule has 28 heavy (non-hydrogen) atoms. The summed E-state index contributed by atoms with van der Waals surface area (Å²) in [5.41, 5.74) is 2.09. The molecule has 146 valence electrons. The molecule has 0 aliphatic carbocycles. The number of nitrogens with one attached hydrogen (secondary N) is 1. The van der Waals surface area contributed by atoms with Gasteiger partial charge in [-0.15, -0.1) is 11.8 Å². The summed E-state index contributed by atoms with van der Waals surface area (Å²) in [5.74, 6) is 2.54. The van der Waals surface area contributed by atoms with Gasteiger partial charge in [-0.1, -0.05) is 22.9 Å². The van der Waals surface area contributed by atoms with Crippen LogP contribution in [0.5, 0.6) is 5.75 Å². The van der Waals surface area contributed by atoms with Crippen LogP contribution in [0.15, 0.2) is 57.9 Å².